The lowest BCUT2D eigenvalue weighted by atomic mass is 10.1. The van der Waals surface area contributed by atoms with E-state index in [1.54, 1.807) is 16.8 Å². The van der Waals surface area contributed by atoms with Crippen LogP contribution >= 0.6 is 22.6 Å². The number of nitrogens with zero attached hydrogens (tertiary/aromatic N) is 2. The van der Waals surface area contributed by atoms with Gasteiger partial charge in [-0.25, -0.2) is 4.79 Å². The van der Waals surface area contributed by atoms with Gasteiger partial charge in [0.1, 0.15) is 3.70 Å². The number of hydrogen-bond donors (Lipinski definition) is 0. The molecule has 0 bridgehead atoms. The lowest BCUT2D eigenvalue weighted by Gasteiger charge is -2.02. The molecule has 94 valence electrons. The van der Waals surface area contributed by atoms with Crippen LogP contribution in [0.1, 0.15) is 17.3 Å². The number of esters is 1. The molecule has 0 N–H and O–H groups in total. The third kappa shape index (κ3) is 2.38. The maximum Gasteiger partial charge on any atom is 0.337 e. The molecule has 0 aliphatic rings. The topological polar surface area (TPSA) is 61.2 Å². The molecule has 0 aliphatic heterocycles. The molecular formula is C12H11IN2O3. The van der Waals surface area contributed by atoms with Crippen LogP contribution < -0.4 is 0 Å². The summed E-state index contributed by atoms with van der Waals surface area (Å²) in [6.07, 6.45) is 0. The van der Waals surface area contributed by atoms with Gasteiger partial charge in [-0.2, -0.15) is 5.10 Å². The second-order valence-corrected chi connectivity index (χ2v) is 4.90. The number of fused-ring (bicyclic) bond motifs is 1. The van der Waals surface area contributed by atoms with Gasteiger partial charge >= 0.3 is 5.97 Å². The van der Waals surface area contributed by atoms with Crippen LogP contribution in [-0.4, -0.2) is 28.6 Å². The first-order chi connectivity index (χ1) is 8.52. The first-order valence-electron chi connectivity index (χ1n) is 5.26. The van der Waals surface area contributed by atoms with E-state index < -0.39 is 5.97 Å². The molecule has 18 heavy (non-hydrogen) atoms. The summed E-state index contributed by atoms with van der Waals surface area (Å²) in [6.45, 7) is 1.70. The van der Waals surface area contributed by atoms with Crippen molar-refractivity contribution in [3.8, 4) is 0 Å². The third-order valence-corrected chi connectivity index (χ3v) is 3.30. The highest BCUT2D eigenvalue weighted by molar-refractivity contribution is 14.1. The van der Waals surface area contributed by atoms with Crippen LogP contribution in [0.5, 0.6) is 0 Å². The lowest BCUT2D eigenvalue weighted by Crippen LogP contribution is -2.08. The van der Waals surface area contributed by atoms with Crippen molar-refractivity contribution in [2.75, 3.05) is 7.11 Å². The smallest absolute Gasteiger partial charge is 0.337 e. The molecule has 0 atom stereocenters. The number of hydrogen-bond acceptors (Lipinski definition) is 4. The number of rotatable bonds is 3. The van der Waals surface area contributed by atoms with Crippen LogP contribution in [0, 0.1) is 3.70 Å². The van der Waals surface area contributed by atoms with Crippen molar-refractivity contribution in [1.82, 2.24) is 9.78 Å². The van der Waals surface area contributed by atoms with Crippen molar-refractivity contribution >= 4 is 45.2 Å². The predicted octanol–water partition coefficient (Wildman–Crippen LogP) is 2.02. The van der Waals surface area contributed by atoms with Crippen molar-refractivity contribution in [3.05, 3.63) is 27.5 Å². The Morgan fingerprint density at radius 3 is 2.78 bits per heavy atom. The number of carbonyl (C=O) groups excluding carboxylic acids is 2. The fourth-order valence-electron chi connectivity index (χ4n) is 1.71. The Kier molecular flexibility index (Phi) is 3.65. The zero-order chi connectivity index (χ0) is 13.3. The molecule has 1 aromatic carbocycles. The molecule has 2 aromatic rings. The molecule has 0 aliphatic carbocycles. The van der Waals surface area contributed by atoms with E-state index >= 15 is 0 Å². The van der Waals surface area contributed by atoms with Crippen LogP contribution in [-0.2, 0) is 16.1 Å². The molecule has 0 fully saturated rings. The Hall–Kier alpha value is -1.44. The minimum Gasteiger partial charge on any atom is -0.465 e. The number of aromatic nitrogens is 2. The van der Waals surface area contributed by atoms with Crippen molar-refractivity contribution in [2.24, 2.45) is 0 Å². The van der Waals surface area contributed by atoms with Gasteiger partial charge in [0.25, 0.3) is 0 Å². The summed E-state index contributed by atoms with van der Waals surface area (Å²) in [5, 5.41) is 5.21. The fourth-order valence-corrected chi connectivity index (χ4v) is 2.43. The second-order valence-electron chi connectivity index (χ2n) is 3.87. The maximum atomic E-state index is 11.5. The standard InChI is InChI=1S/C12H11IN2O3/c1-7(16)6-15-10-5-8(12(17)18-2)3-4-9(10)11(13)14-15/h3-5H,6H2,1-2H3. The zero-order valence-electron chi connectivity index (χ0n) is 9.94. The van der Waals surface area contributed by atoms with Gasteiger partial charge in [-0.3, -0.25) is 9.48 Å². The van der Waals surface area contributed by atoms with Crippen LogP contribution in [0.4, 0.5) is 0 Å². The monoisotopic (exact) mass is 358 g/mol. The van der Waals surface area contributed by atoms with E-state index in [0.717, 1.165) is 14.6 Å². The van der Waals surface area contributed by atoms with Gasteiger partial charge in [0.2, 0.25) is 0 Å². The highest BCUT2D eigenvalue weighted by Crippen LogP contribution is 2.22. The molecule has 1 heterocycles. The predicted molar refractivity (Wildman–Crippen MR) is 74.5 cm³/mol. The molecule has 0 saturated heterocycles. The number of Topliss-reactive ketones (excluding diaryl/α,β-unsaturated/α-hetero) is 1. The van der Waals surface area contributed by atoms with Crippen LogP contribution in [0.15, 0.2) is 18.2 Å². The minimum absolute atomic E-state index is 0.0132. The Bertz CT molecular complexity index is 634. The molecule has 0 spiro atoms. The van der Waals surface area contributed by atoms with Gasteiger partial charge in [0.15, 0.2) is 5.78 Å². The quantitative estimate of drug-likeness (QED) is 0.622. The minimum atomic E-state index is -0.400. The molecule has 5 nitrogen and oxygen atoms in total. The summed E-state index contributed by atoms with van der Waals surface area (Å²) < 4.78 is 7.08. The Balaban J connectivity index is 2.58. The van der Waals surface area contributed by atoms with E-state index in [4.69, 9.17) is 0 Å². The summed E-state index contributed by atoms with van der Waals surface area (Å²) in [5.74, 6) is -0.387. The van der Waals surface area contributed by atoms with E-state index in [-0.39, 0.29) is 12.3 Å². The Labute approximate surface area is 117 Å². The van der Waals surface area contributed by atoms with Crippen molar-refractivity contribution in [1.29, 1.82) is 0 Å². The number of ketones is 1. The van der Waals surface area contributed by atoms with Crippen LogP contribution in [0.25, 0.3) is 10.9 Å². The average molecular weight is 358 g/mol. The fraction of sp³-hybridized carbons (Fsp3) is 0.250. The molecule has 0 amide bonds. The third-order valence-electron chi connectivity index (χ3n) is 2.50. The van der Waals surface area contributed by atoms with Gasteiger partial charge in [-0.1, -0.05) is 0 Å². The SMILES string of the molecule is COC(=O)c1ccc2c(I)nn(CC(C)=O)c2c1. The average Bonchev–Trinajstić information content (AvgIpc) is 2.64. The van der Waals surface area contributed by atoms with Gasteiger partial charge in [0.05, 0.1) is 24.7 Å². The number of carbonyl (C=O) groups is 2. The summed E-state index contributed by atoms with van der Waals surface area (Å²) in [4.78, 5) is 22.7. The summed E-state index contributed by atoms with van der Waals surface area (Å²) >= 11 is 2.10. The van der Waals surface area contributed by atoms with E-state index in [9.17, 15) is 9.59 Å². The Morgan fingerprint density at radius 1 is 1.44 bits per heavy atom. The van der Waals surface area contributed by atoms with Crippen LogP contribution in [0.3, 0.4) is 0 Å². The molecular weight excluding hydrogens is 347 g/mol. The van der Waals surface area contributed by atoms with Gasteiger partial charge in [-0.15, -0.1) is 0 Å². The number of ether oxygens (including phenoxy) is 1. The molecule has 0 unspecified atom stereocenters. The summed E-state index contributed by atoms with van der Waals surface area (Å²) in [5.41, 5.74) is 1.21. The maximum absolute atomic E-state index is 11.5. The number of benzene rings is 1. The van der Waals surface area contributed by atoms with Crippen molar-refractivity contribution in [2.45, 2.75) is 13.5 Å². The summed E-state index contributed by atoms with van der Waals surface area (Å²) in [7, 11) is 1.34. The highest BCUT2D eigenvalue weighted by Gasteiger charge is 2.13. The van der Waals surface area contributed by atoms with Crippen LogP contribution in [0.2, 0.25) is 0 Å². The first kappa shape index (κ1) is 13.0. The van der Waals surface area contributed by atoms with Crippen molar-refractivity contribution < 1.29 is 14.3 Å². The van der Waals surface area contributed by atoms with E-state index in [1.165, 1.54) is 14.0 Å². The van der Waals surface area contributed by atoms with E-state index in [2.05, 4.69) is 32.4 Å². The second kappa shape index (κ2) is 5.05. The molecule has 0 saturated carbocycles. The molecule has 2 rings (SSSR count). The van der Waals surface area contributed by atoms with Gasteiger partial charge < -0.3 is 4.74 Å². The first-order valence-corrected chi connectivity index (χ1v) is 6.34. The normalized spacial score (nSPS) is 10.6. The zero-order valence-corrected chi connectivity index (χ0v) is 12.1. The summed E-state index contributed by atoms with van der Waals surface area (Å²) in [6, 6.07) is 5.20. The number of halogens is 1. The van der Waals surface area contributed by atoms with Gasteiger partial charge in [-0.05, 0) is 47.7 Å². The van der Waals surface area contributed by atoms with Gasteiger partial charge in [0, 0.05) is 5.39 Å². The number of methoxy groups -OCH3 is 1. The molecule has 6 heteroatoms. The Morgan fingerprint density at radius 2 is 2.17 bits per heavy atom. The van der Waals surface area contributed by atoms with E-state index in [0.29, 0.717) is 5.56 Å². The largest absolute Gasteiger partial charge is 0.465 e. The molecule has 1 aromatic heterocycles. The van der Waals surface area contributed by atoms with E-state index in [1.807, 2.05) is 6.07 Å². The molecule has 0 radical (unpaired) electrons. The van der Waals surface area contributed by atoms with Crippen molar-refractivity contribution in [3.63, 3.8) is 0 Å². The highest BCUT2D eigenvalue weighted by atomic mass is 127. The lowest BCUT2D eigenvalue weighted by molar-refractivity contribution is -0.117.